The van der Waals surface area contributed by atoms with E-state index in [1.54, 1.807) is 41.3 Å². The van der Waals surface area contributed by atoms with Gasteiger partial charge in [0.1, 0.15) is 17.9 Å². The average Bonchev–Trinajstić information content (AvgIpc) is 3.70. The van der Waals surface area contributed by atoms with Gasteiger partial charge in [-0.15, -0.1) is 0 Å². The van der Waals surface area contributed by atoms with Crippen LogP contribution >= 0.6 is 0 Å². The van der Waals surface area contributed by atoms with E-state index in [-0.39, 0.29) is 54.7 Å². The van der Waals surface area contributed by atoms with Crippen LogP contribution in [0.2, 0.25) is 0 Å². The van der Waals surface area contributed by atoms with Gasteiger partial charge in [-0.1, -0.05) is 31.2 Å². The van der Waals surface area contributed by atoms with Crippen LogP contribution in [-0.2, 0) is 22.7 Å². The number of amides is 2. The van der Waals surface area contributed by atoms with Crippen molar-refractivity contribution in [1.82, 2.24) is 9.80 Å². The van der Waals surface area contributed by atoms with Gasteiger partial charge >= 0.3 is 0 Å². The Kier molecular flexibility index (Phi) is 7.10. The average molecular weight is 465 g/mol. The molecule has 1 saturated carbocycles. The Labute approximate surface area is 198 Å². The second-order valence-corrected chi connectivity index (χ2v) is 8.96. The van der Waals surface area contributed by atoms with E-state index in [0.29, 0.717) is 16.5 Å². The molecule has 2 aromatic carbocycles. The van der Waals surface area contributed by atoms with Crippen molar-refractivity contribution in [2.75, 3.05) is 6.54 Å². The zero-order chi connectivity index (χ0) is 24.2. The molecule has 178 valence electrons. The summed E-state index contributed by atoms with van der Waals surface area (Å²) in [5, 5.41) is 0.444. The smallest absolute Gasteiger partial charge is 0.242 e. The maximum atomic E-state index is 13.5. The molecule has 0 aliphatic heterocycles. The Morgan fingerprint density at radius 3 is 2.47 bits per heavy atom. The molecule has 0 bridgehead atoms. The Morgan fingerprint density at radius 2 is 1.79 bits per heavy atom. The summed E-state index contributed by atoms with van der Waals surface area (Å²) in [6, 6.07) is 12.8. The minimum absolute atomic E-state index is 0.000110. The summed E-state index contributed by atoms with van der Waals surface area (Å²) < 4.78 is 19.1. The SMILES string of the molecule is CCC(C)N(CC(=O)N(Cc1ccc(F)cc1)Cc1coc2ccccc2c1=O)C(=O)C1CC1. The monoisotopic (exact) mass is 464 g/mol. The predicted octanol–water partition coefficient (Wildman–Crippen LogP) is 4.50. The van der Waals surface area contributed by atoms with Crippen molar-refractivity contribution in [3.63, 3.8) is 0 Å². The first-order valence-corrected chi connectivity index (χ1v) is 11.7. The Hall–Kier alpha value is -3.48. The van der Waals surface area contributed by atoms with Crippen molar-refractivity contribution < 1.29 is 18.4 Å². The molecular weight excluding hydrogens is 435 g/mol. The van der Waals surface area contributed by atoms with E-state index in [0.717, 1.165) is 24.8 Å². The highest BCUT2D eigenvalue weighted by atomic mass is 19.1. The Balaban J connectivity index is 1.62. The lowest BCUT2D eigenvalue weighted by molar-refractivity contribution is -0.143. The number of carbonyl (C=O) groups excluding carboxylic acids is 2. The van der Waals surface area contributed by atoms with Crippen LogP contribution in [0.25, 0.3) is 11.0 Å². The Bertz CT molecular complexity index is 1230. The molecule has 34 heavy (non-hydrogen) atoms. The highest BCUT2D eigenvalue weighted by molar-refractivity contribution is 5.87. The van der Waals surface area contributed by atoms with Gasteiger partial charge in [0.2, 0.25) is 11.8 Å². The molecule has 1 heterocycles. The van der Waals surface area contributed by atoms with Crippen LogP contribution in [0.5, 0.6) is 0 Å². The lowest BCUT2D eigenvalue weighted by Gasteiger charge is -2.31. The number of hydrogen-bond acceptors (Lipinski definition) is 4. The summed E-state index contributed by atoms with van der Waals surface area (Å²) in [5.74, 6) is -0.629. The summed E-state index contributed by atoms with van der Waals surface area (Å²) in [7, 11) is 0. The summed E-state index contributed by atoms with van der Waals surface area (Å²) in [6.07, 6.45) is 3.84. The number of hydrogen-bond donors (Lipinski definition) is 0. The third-order valence-corrected chi connectivity index (χ3v) is 6.39. The third kappa shape index (κ3) is 5.35. The molecule has 0 N–H and O–H groups in total. The van der Waals surface area contributed by atoms with Crippen LogP contribution in [0, 0.1) is 11.7 Å². The first kappa shape index (κ1) is 23.7. The van der Waals surface area contributed by atoms with Gasteiger partial charge in [0.05, 0.1) is 23.8 Å². The molecule has 2 amide bonds. The fourth-order valence-corrected chi connectivity index (χ4v) is 3.96. The van der Waals surface area contributed by atoms with Gasteiger partial charge < -0.3 is 14.2 Å². The standard InChI is InChI=1S/C27H29FN2O4/c1-3-18(2)30(27(33)20-10-11-20)16-25(31)29(14-19-8-12-22(28)13-9-19)15-21-17-34-24-7-5-4-6-23(24)26(21)32/h4-9,12-13,17-18,20H,3,10-11,14-16H2,1-2H3. The summed E-state index contributed by atoms with van der Waals surface area (Å²) >= 11 is 0. The van der Waals surface area contributed by atoms with Crippen molar-refractivity contribution in [2.24, 2.45) is 5.92 Å². The van der Waals surface area contributed by atoms with Gasteiger partial charge in [0.25, 0.3) is 0 Å². The maximum Gasteiger partial charge on any atom is 0.242 e. The fraction of sp³-hybridized carbons (Fsp3) is 0.370. The molecule has 6 nitrogen and oxygen atoms in total. The van der Waals surface area contributed by atoms with Crippen molar-refractivity contribution in [3.8, 4) is 0 Å². The van der Waals surface area contributed by atoms with Crippen LogP contribution < -0.4 is 5.43 Å². The highest BCUT2D eigenvalue weighted by Gasteiger charge is 2.36. The second kappa shape index (κ2) is 10.2. The van der Waals surface area contributed by atoms with Crippen LogP contribution in [0.15, 0.2) is 64.0 Å². The van der Waals surface area contributed by atoms with E-state index in [1.807, 2.05) is 13.8 Å². The van der Waals surface area contributed by atoms with E-state index < -0.39 is 0 Å². The molecule has 0 saturated heterocycles. The molecule has 7 heteroatoms. The molecule has 1 fully saturated rings. The van der Waals surface area contributed by atoms with Gasteiger partial charge in [0, 0.05) is 18.5 Å². The van der Waals surface area contributed by atoms with Gasteiger partial charge in [-0.2, -0.15) is 0 Å². The number of halogens is 1. The van der Waals surface area contributed by atoms with Crippen LogP contribution in [0.4, 0.5) is 4.39 Å². The zero-order valence-corrected chi connectivity index (χ0v) is 19.5. The molecule has 0 spiro atoms. The molecule has 4 rings (SSSR count). The molecule has 1 aromatic heterocycles. The first-order chi connectivity index (χ1) is 16.4. The van der Waals surface area contributed by atoms with Crippen LogP contribution in [0.3, 0.4) is 0 Å². The fourth-order valence-electron chi connectivity index (χ4n) is 3.96. The number of benzene rings is 2. The zero-order valence-electron chi connectivity index (χ0n) is 19.5. The number of fused-ring (bicyclic) bond motifs is 1. The molecule has 1 unspecified atom stereocenters. The topological polar surface area (TPSA) is 70.8 Å². The van der Waals surface area contributed by atoms with Crippen molar-refractivity contribution in [3.05, 3.63) is 82.0 Å². The Morgan fingerprint density at radius 1 is 1.09 bits per heavy atom. The first-order valence-electron chi connectivity index (χ1n) is 11.7. The van der Waals surface area contributed by atoms with Crippen LogP contribution in [0.1, 0.15) is 44.2 Å². The normalized spacial score (nSPS) is 14.1. The number of rotatable bonds is 9. The summed E-state index contributed by atoms with van der Waals surface area (Å²) in [6.45, 7) is 4.06. The van der Waals surface area contributed by atoms with Gasteiger partial charge in [0.15, 0.2) is 5.43 Å². The van der Waals surface area contributed by atoms with Gasteiger partial charge in [-0.25, -0.2) is 4.39 Å². The quantitative estimate of drug-likeness (QED) is 0.468. The number of para-hydroxylation sites is 1. The van der Waals surface area contributed by atoms with E-state index >= 15 is 0 Å². The molecule has 0 radical (unpaired) electrons. The van der Waals surface area contributed by atoms with Crippen molar-refractivity contribution in [2.45, 2.75) is 52.2 Å². The maximum absolute atomic E-state index is 13.5. The lowest BCUT2D eigenvalue weighted by Crippen LogP contribution is -2.47. The summed E-state index contributed by atoms with van der Waals surface area (Å²) in [5.41, 5.74) is 1.35. The predicted molar refractivity (Wildman–Crippen MR) is 127 cm³/mol. The molecule has 1 aliphatic carbocycles. The third-order valence-electron chi connectivity index (χ3n) is 6.39. The molecule has 3 aromatic rings. The second-order valence-electron chi connectivity index (χ2n) is 8.96. The van der Waals surface area contributed by atoms with Crippen molar-refractivity contribution in [1.29, 1.82) is 0 Å². The largest absolute Gasteiger partial charge is 0.464 e. The van der Waals surface area contributed by atoms with Crippen molar-refractivity contribution >= 4 is 22.8 Å². The van der Waals surface area contributed by atoms with Gasteiger partial charge in [-0.05, 0) is 56.0 Å². The van der Waals surface area contributed by atoms with Crippen LogP contribution in [-0.4, -0.2) is 34.2 Å². The van der Waals surface area contributed by atoms with E-state index in [4.69, 9.17) is 4.42 Å². The number of nitrogens with zero attached hydrogens (tertiary/aromatic N) is 2. The summed E-state index contributed by atoms with van der Waals surface area (Å²) in [4.78, 5) is 42.6. The molecular formula is C27H29FN2O4. The molecule has 1 atom stereocenters. The highest BCUT2D eigenvalue weighted by Crippen LogP contribution is 2.32. The lowest BCUT2D eigenvalue weighted by atomic mass is 10.1. The molecule has 1 aliphatic rings. The van der Waals surface area contributed by atoms with E-state index in [9.17, 15) is 18.8 Å². The van der Waals surface area contributed by atoms with E-state index in [2.05, 4.69) is 0 Å². The minimum atomic E-state index is -0.366. The number of carbonyl (C=O) groups is 2. The van der Waals surface area contributed by atoms with E-state index in [1.165, 1.54) is 23.3 Å². The van der Waals surface area contributed by atoms with Gasteiger partial charge in [-0.3, -0.25) is 14.4 Å². The minimum Gasteiger partial charge on any atom is -0.464 e.